The smallest absolute Gasteiger partial charge is 0.315 e. The second kappa shape index (κ2) is 7.61. The number of aryl methyl sites for hydroxylation is 1. The standard InChI is InChI=1S/C17H20N2O8/c1-2-4-8-7-18-13-9(5-3-6-19(13)14(8)22)26-17-10(15(23)24)11(20)12(21)16(25)27-17/h3,5-7,10-12,16-17,20-21,25H,2,4H2,1H3,(H,23,24). The van der Waals surface area contributed by atoms with E-state index in [1.807, 2.05) is 6.92 Å². The number of nitrogens with zero attached hydrogens (tertiary/aromatic N) is 2. The summed E-state index contributed by atoms with van der Waals surface area (Å²) in [5, 5.41) is 38.6. The first kappa shape index (κ1) is 19.2. The Kier molecular flexibility index (Phi) is 5.42. The van der Waals surface area contributed by atoms with E-state index in [2.05, 4.69) is 4.98 Å². The first-order chi connectivity index (χ1) is 12.8. The van der Waals surface area contributed by atoms with Crippen molar-refractivity contribution in [1.29, 1.82) is 0 Å². The number of ether oxygens (including phenoxy) is 2. The summed E-state index contributed by atoms with van der Waals surface area (Å²) in [5.74, 6) is -3.10. The van der Waals surface area contributed by atoms with Gasteiger partial charge in [0.05, 0.1) is 0 Å². The minimum atomic E-state index is -1.83. The summed E-state index contributed by atoms with van der Waals surface area (Å²) < 4.78 is 11.8. The molecule has 0 saturated carbocycles. The van der Waals surface area contributed by atoms with Gasteiger partial charge in [0.15, 0.2) is 17.7 Å². The molecule has 10 heteroatoms. The van der Waals surface area contributed by atoms with Gasteiger partial charge in [-0.05, 0) is 18.6 Å². The van der Waals surface area contributed by atoms with Crippen molar-refractivity contribution in [2.24, 2.45) is 5.92 Å². The van der Waals surface area contributed by atoms with Gasteiger partial charge in [-0.2, -0.15) is 0 Å². The van der Waals surface area contributed by atoms with E-state index in [4.69, 9.17) is 9.47 Å². The summed E-state index contributed by atoms with van der Waals surface area (Å²) in [6, 6.07) is 2.97. The molecule has 0 bridgehead atoms. The lowest BCUT2D eigenvalue weighted by atomic mass is 9.94. The lowest BCUT2D eigenvalue weighted by Crippen LogP contribution is -2.58. The molecular formula is C17H20N2O8. The molecular weight excluding hydrogens is 360 g/mol. The Morgan fingerprint density at radius 3 is 2.74 bits per heavy atom. The van der Waals surface area contributed by atoms with Gasteiger partial charge in [0.25, 0.3) is 5.56 Å². The fraction of sp³-hybridized carbons (Fsp3) is 0.471. The number of aliphatic carboxylic acids is 1. The van der Waals surface area contributed by atoms with E-state index in [1.54, 1.807) is 0 Å². The van der Waals surface area contributed by atoms with Gasteiger partial charge in [-0.1, -0.05) is 13.3 Å². The van der Waals surface area contributed by atoms with Crippen LogP contribution >= 0.6 is 0 Å². The Morgan fingerprint density at radius 1 is 1.33 bits per heavy atom. The van der Waals surface area contributed by atoms with Gasteiger partial charge >= 0.3 is 5.97 Å². The zero-order valence-corrected chi connectivity index (χ0v) is 14.4. The van der Waals surface area contributed by atoms with Crippen LogP contribution in [0.3, 0.4) is 0 Å². The Labute approximate surface area is 153 Å². The maximum absolute atomic E-state index is 12.5. The van der Waals surface area contributed by atoms with E-state index < -0.39 is 36.7 Å². The number of fused-ring (bicyclic) bond motifs is 1. The van der Waals surface area contributed by atoms with Crippen molar-refractivity contribution in [2.75, 3.05) is 0 Å². The molecule has 0 radical (unpaired) electrons. The summed E-state index contributed by atoms with van der Waals surface area (Å²) in [4.78, 5) is 28.2. The van der Waals surface area contributed by atoms with Crippen LogP contribution in [0.5, 0.6) is 5.75 Å². The lowest BCUT2D eigenvalue weighted by Gasteiger charge is -2.38. The van der Waals surface area contributed by atoms with Crippen LogP contribution in [-0.4, -0.2) is 60.6 Å². The van der Waals surface area contributed by atoms with Crippen LogP contribution in [0.25, 0.3) is 5.65 Å². The minimum absolute atomic E-state index is 0.0321. The predicted octanol–water partition coefficient (Wildman–Crippen LogP) is -0.877. The molecule has 1 fully saturated rings. The summed E-state index contributed by atoms with van der Waals surface area (Å²) in [6.07, 6.45) is -2.78. The van der Waals surface area contributed by atoms with E-state index in [1.165, 1.54) is 28.9 Å². The second-order valence-electron chi connectivity index (χ2n) is 6.26. The highest BCUT2D eigenvalue weighted by molar-refractivity contribution is 5.71. The molecule has 0 amide bonds. The van der Waals surface area contributed by atoms with Gasteiger partial charge in [-0.3, -0.25) is 14.0 Å². The monoisotopic (exact) mass is 380 g/mol. The molecule has 2 aromatic heterocycles. The van der Waals surface area contributed by atoms with Crippen molar-refractivity contribution in [1.82, 2.24) is 9.38 Å². The van der Waals surface area contributed by atoms with E-state index in [0.29, 0.717) is 12.0 Å². The summed E-state index contributed by atoms with van der Waals surface area (Å²) in [7, 11) is 0. The number of aromatic nitrogens is 2. The van der Waals surface area contributed by atoms with Crippen molar-refractivity contribution in [3.8, 4) is 5.75 Å². The largest absolute Gasteiger partial charge is 0.481 e. The van der Waals surface area contributed by atoms with Crippen molar-refractivity contribution < 1.29 is 34.7 Å². The van der Waals surface area contributed by atoms with Crippen LogP contribution in [0.15, 0.2) is 29.3 Å². The number of aliphatic hydroxyl groups is 3. The molecule has 5 atom stereocenters. The van der Waals surface area contributed by atoms with Crippen LogP contribution in [0.2, 0.25) is 0 Å². The van der Waals surface area contributed by atoms with Crippen LogP contribution in [0.1, 0.15) is 18.9 Å². The highest BCUT2D eigenvalue weighted by atomic mass is 16.7. The normalized spacial score (nSPS) is 28.2. The minimum Gasteiger partial charge on any atom is -0.481 e. The molecule has 5 unspecified atom stereocenters. The van der Waals surface area contributed by atoms with Gasteiger partial charge in [-0.15, -0.1) is 0 Å². The fourth-order valence-corrected chi connectivity index (χ4v) is 2.99. The Hall–Kier alpha value is -2.53. The number of aliphatic hydroxyl groups excluding tert-OH is 3. The van der Waals surface area contributed by atoms with E-state index in [9.17, 15) is 30.0 Å². The van der Waals surface area contributed by atoms with Crippen LogP contribution in [0, 0.1) is 5.92 Å². The van der Waals surface area contributed by atoms with E-state index >= 15 is 0 Å². The number of hydrogen-bond acceptors (Lipinski definition) is 8. The molecule has 0 aliphatic carbocycles. The molecule has 4 N–H and O–H groups in total. The van der Waals surface area contributed by atoms with E-state index in [0.717, 1.165) is 6.42 Å². The third kappa shape index (κ3) is 3.52. The number of carboxylic acid groups (broad SMARTS) is 1. The maximum atomic E-state index is 12.5. The third-order valence-electron chi connectivity index (χ3n) is 4.39. The third-order valence-corrected chi connectivity index (χ3v) is 4.39. The SMILES string of the molecule is CCCc1cnc2c(OC3OC(O)C(O)C(O)C3C(=O)O)cccn2c1=O. The molecule has 0 spiro atoms. The summed E-state index contributed by atoms with van der Waals surface area (Å²) >= 11 is 0. The second-order valence-corrected chi connectivity index (χ2v) is 6.26. The predicted molar refractivity (Wildman–Crippen MR) is 90.1 cm³/mol. The number of carbonyl (C=O) groups is 1. The first-order valence-corrected chi connectivity index (χ1v) is 8.43. The van der Waals surface area contributed by atoms with Crippen LogP contribution < -0.4 is 10.3 Å². The topological polar surface area (TPSA) is 151 Å². The van der Waals surface area contributed by atoms with Crippen molar-refractivity contribution in [3.63, 3.8) is 0 Å². The summed E-state index contributed by atoms with van der Waals surface area (Å²) in [5.41, 5.74) is 0.380. The highest BCUT2D eigenvalue weighted by Crippen LogP contribution is 2.29. The Bertz CT molecular complexity index is 898. The quantitative estimate of drug-likeness (QED) is 0.518. The Morgan fingerprint density at radius 2 is 2.07 bits per heavy atom. The van der Waals surface area contributed by atoms with Gasteiger partial charge in [-0.25, -0.2) is 4.98 Å². The Balaban J connectivity index is 1.99. The van der Waals surface area contributed by atoms with Crippen LogP contribution in [-0.2, 0) is 16.0 Å². The molecule has 3 heterocycles. The molecule has 27 heavy (non-hydrogen) atoms. The average Bonchev–Trinajstić information content (AvgIpc) is 2.62. The number of hydrogen-bond donors (Lipinski definition) is 4. The van der Waals surface area contributed by atoms with Gasteiger partial charge < -0.3 is 29.9 Å². The number of carboxylic acids is 1. The lowest BCUT2D eigenvalue weighted by molar-refractivity contribution is -0.306. The van der Waals surface area contributed by atoms with E-state index in [-0.39, 0.29) is 17.0 Å². The average molecular weight is 380 g/mol. The number of pyridine rings is 1. The molecule has 146 valence electrons. The van der Waals surface area contributed by atoms with Gasteiger partial charge in [0, 0.05) is 18.0 Å². The number of rotatable bonds is 5. The molecule has 0 aromatic carbocycles. The maximum Gasteiger partial charge on any atom is 0.315 e. The molecule has 10 nitrogen and oxygen atoms in total. The molecule has 3 rings (SSSR count). The fourth-order valence-electron chi connectivity index (χ4n) is 2.99. The first-order valence-electron chi connectivity index (χ1n) is 8.43. The van der Waals surface area contributed by atoms with Crippen LogP contribution in [0.4, 0.5) is 0 Å². The summed E-state index contributed by atoms with van der Waals surface area (Å²) in [6.45, 7) is 1.94. The molecule has 1 aliphatic heterocycles. The zero-order valence-electron chi connectivity index (χ0n) is 14.4. The van der Waals surface area contributed by atoms with Crippen molar-refractivity contribution in [2.45, 2.75) is 44.6 Å². The molecule has 2 aromatic rings. The van der Waals surface area contributed by atoms with Crippen molar-refractivity contribution in [3.05, 3.63) is 40.4 Å². The molecule has 1 aliphatic rings. The molecule has 1 saturated heterocycles. The highest BCUT2D eigenvalue weighted by Gasteiger charge is 2.49. The zero-order chi connectivity index (χ0) is 19.7. The van der Waals surface area contributed by atoms with Gasteiger partial charge in [0.2, 0.25) is 6.29 Å². The van der Waals surface area contributed by atoms with Gasteiger partial charge in [0.1, 0.15) is 18.1 Å². The van der Waals surface area contributed by atoms with Crippen molar-refractivity contribution >= 4 is 11.6 Å².